The van der Waals surface area contributed by atoms with Gasteiger partial charge in [-0.15, -0.1) is 0 Å². The lowest BCUT2D eigenvalue weighted by molar-refractivity contribution is -0.130. The Morgan fingerprint density at radius 1 is 1.50 bits per heavy atom. The number of ketones is 1. The summed E-state index contributed by atoms with van der Waals surface area (Å²) in [5.41, 5.74) is 0. The quantitative estimate of drug-likeness (QED) is 0.591. The van der Waals surface area contributed by atoms with E-state index in [1.165, 1.54) is 6.92 Å². The predicted molar refractivity (Wildman–Crippen MR) is 37.6 cm³/mol. The Kier molecular flexibility index (Phi) is 4.23. The van der Waals surface area contributed by atoms with Crippen molar-refractivity contribution in [1.29, 1.82) is 0 Å². The zero-order chi connectivity index (χ0) is 8.15. The minimum Gasteiger partial charge on any atom is -0.390 e. The van der Waals surface area contributed by atoms with E-state index >= 15 is 0 Å². The number of aliphatic hydroxyl groups is 2. The normalized spacial score (nSPS) is 16.4. The lowest BCUT2D eigenvalue weighted by Gasteiger charge is -2.13. The van der Waals surface area contributed by atoms with Gasteiger partial charge in [0, 0.05) is 0 Å². The number of aliphatic hydroxyl groups excluding tert-OH is 2. The Balaban J connectivity index is 3.69. The van der Waals surface area contributed by atoms with Crippen LogP contribution < -0.4 is 0 Å². The molecule has 1 unspecified atom stereocenters. The summed E-state index contributed by atoms with van der Waals surface area (Å²) in [5, 5.41) is 17.9. The Morgan fingerprint density at radius 2 is 2.00 bits per heavy atom. The van der Waals surface area contributed by atoms with Gasteiger partial charge in [-0.3, -0.25) is 4.79 Å². The second kappa shape index (κ2) is 4.41. The van der Waals surface area contributed by atoms with Crippen LogP contribution in [-0.2, 0) is 4.79 Å². The summed E-state index contributed by atoms with van der Waals surface area (Å²) >= 11 is 0. The van der Waals surface area contributed by atoms with Gasteiger partial charge in [0.25, 0.3) is 0 Å². The van der Waals surface area contributed by atoms with Gasteiger partial charge in [-0.05, 0) is 13.3 Å². The van der Waals surface area contributed by atoms with Crippen LogP contribution in [0.25, 0.3) is 0 Å². The summed E-state index contributed by atoms with van der Waals surface area (Å²) in [6, 6.07) is 0. The van der Waals surface area contributed by atoms with Gasteiger partial charge in [-0.2, -0.15) is 0 Å². The lowest BCUT2D eigenvalue weighted by atomic mass is 10.1. The van der Waals surface area contributed by atoms with Crippen LogP contribution in [0.1, 0.15) is 26.7 Å². The molecule has 2 N–H and O–H groups in total. The van der Waals surface area contributed by atoms with Gasteiger partial charge in [0.1, 0.15) is 6.10 Å². The fourth-order valence-corrected chi connectivity index (χ4v) is 0.725. The van der Waals surface area contributed by atoms with E-state index < -0.39 is 12.2 Å². The fraction of sp³-hybridized carbons (Fsp3) is 0.857. The van der Waals surface area contributed by atoms with Gasteiger partial charge in [0.2, 0.25) is 0 Å². The highest BCUT2D eigenvalue weighted by molar-refractivity contribution is 5.80. The van der Waals surface area contributed by atoms with E-state index in [4.69, 9.17) is 10.2 Å². The van der Waals surface area contributed by atoms with Gasteiger partial charge in [0.05, 0.1) is 6.10 Å². The van der Waals surface area contributed by atoms with Crippen molar-refractivity contribution in [1.82, 2.24) is 0 Å². The molecule has 0 bridgehead atoms. The Hall–Kier alpha value is -0.410. The topological polar surface area (TPSA) is 57.5 Å². The third kappa shape index (κ3) is 2.94. The maximum atomic E-state index is 10.5. The van der Waals surface area contributed by atoms with Crippen molar-refractivity contribution in [3.63, 3.8) is 0 Å². The Labute approximate surface area is 60.7 Å². The number of rotatable bonds is 4. The van der Waals surface area contributed by atoms with Gasteiger partial charge in [-0.1, -0.05) is 13.3 Å². The summed E-state index contributed by atoms with van der Waals surface area (Å²) in [6.45, 7) is 3.15. The van der Waals surface area contributed by atoms with E-state index in [9.17, 15) is 4.79 Å². The molecule has 0 spiro atoms. The number of carbonyl (C=O) groups is 1. The van der Waals surface area contributed by atoms with Crippen molar-refractivity contribution < 1.29 is 15.0 Å². The number of hydrogen-bond acceptors (Lipinski definition) is 3. The first kappa shape index (κ1) is 9.59. The molecule has 0 rings (SSSR count). The van der Waals surface area contributed by atoms with Crippen LogP contribution >= 0.6 is 0 Å². The third-order valence-corrected chi connectivity index (χ3v) is 1.37. The molecule has 10 heavy (non-hydrogen) atoms. The highest BCUT2D eigenvalue weighted by Gasteiger charge is 2.18. The molecule has 0 aromatic rings. The van der Waals surface area contributed by atoms with Crippen molar-refractivity contribution >= 4 is 5.78 Å². The molecular formula is C7H14O3. The minimum absolute atomic E-state index is 0.374. The number of hydrogen-bond donors (Lipinski definition) is 2. The number of carbonyl (C=O) groups excluding carboxylic acids is 1. The minimum atomic E-state index is -1.19. The molecule has 0 saturated carbocycles. The van der Waals surface area contributed by atoms with Crippen LogP contribution in [0.15, 0.2) is 0 Å². The molecule has 0 radical (unpaired) electrons. The van der Waals surface area contributed by atoms with Crippen LogP contribution in [-0.4, -0.2) is 28.2 Å². The molecule has 0 aliphatic carbocycles. The van der Waals surface area contributed by atoms with Crippen molar-refractivity contribution in [2.45, 2.75) is 38.9 Å². The first-order chi connectivity index (χ1) is 4.59. The van der Waals surface area contributed by atoms with E-state index in [0.29, 0.717) is 6.42 Å². The summed E-state index contributed by atoms with van der Waals surface area (Å²) in [7, 11) is 0. The molecule has 0 amide bonds. The average molecular weight is 146 g/mol. The van der Waals surface area contributed by atoms with Gasteiger partial charge in [-0.25, -0.2) is 0 Å². The Morgan fingerprint density at radius 3 is 2.30 bits per heavy atom. The van der Waals surface area contributed by atoms with E-state index in [1.54, 1.807) is 0 Å². The molecule has 0 fully saturated rings. The maximum Gasteiger partial charge on any atom is 0.160 e. The third-order valence-electron chi connectivity index (χ3n) is 1.37. The molecule has 2 atom stereocenters. The molecule has 3 heteroatoms. The van der Waals surface area contributed by atoms with E-state index in [2.05, 4.69) is 0 Å². The predicted octanol–water partition coefficient (Wildman–Crippen LogP) is 0.0973. The van der Waals surface area contributed by atoms with Crippen LogP contribution in [0.3, 0.4) is 0 Å². The highest BCUT2D eigenvalue weighted by atomic mass is 16.3. The summed E-state index contributed by atoms with van der Waals surface area (Å²) in [6.07, 6.45) is -0.839. The van der Waals surface area contributed by atoms with E-state index in [0.717, 1.165) is 6.42 Å². The maximum absolute atomic E-state index is 10.5. The molecule has 0 saturated heterocycles. The van der Waals surface area contributed by atoms with Crippen molar-refractivity contribution in [3.05, 3.63) is 0 Å². The average Bonchev–Trinajstić information content (AvgIpc) is 1.87. The van der Waals surface area contributed by atoms with Gasteiger partial charge in [0.15, 0.2) is 5.78 Å². The van der Waals surface area contributed by atoms with Crippen LogP contribution in [0.2, 0.25) is 0 Å². The molecule has 3 nitrogen and oxygen atoms in total. The summed E-state index contributed by atoms with van der Waals surface area (Å²) in [4.78, 5) is 10.5. The smallest absolute Gasteiger partial charge is 0.160 e. The van der Waals surface area contributed by atoms with E-state index in [-0.39, 0.29) is 5.78 Å². The molecule has 0 aromatic heterocycles. The molecule has 0 aliphatic rings. The van der Waals surface area contributed by atoms with Crippen molar-refractivity contribution in [2.75, 3.05) is 0 Å². The standard InChI is InChI=1S/C7H14O3/c1-3-4-6(9)7(10)5(2)8/h6-7,9-10H,3-4H2,1-2H3/t6?,7-/m1/s1. The second-order valence-electron chi connectivity index (χ2n) is 2.41. The fourth-order valence-electron chi connectivity index (χ4n) is 0.725. The first-order valence-electron chi connectivity index (χ1n) is 3.46. The Bertz CT molecular complexity index is 111. The molecule has 0 heterocycles. The molecule has 0 aromatic carbocycles. The monoisotopic (exact) mass is 146 g/mol. The highest BCUT2D eigenvalue weighted by Crippen LogP contribution is 2.02. The SMILES string of the molecule is CCCC(O)[C@H](O)C(C)=O. The summed E-state index contributed by atoms with van der Waals surface area (Å²) in [5.74, 6) is -0.374. The zero-order valence-electron chi connectivity index (χ0n) is 6.37. The zero-order valence-corrected chi connectivity index (χ0v) is 6.37. The van der Waals surface area contributed by atoms with Crippen molar-refractivity contribution in [2.24, 2.45) is 0 Å². The molecule has 0 aliphatic heterocycles. The van der Waals surface area contributed by atoms with Crippen molar-refractivity contribution in [3.8, 4) is 0 Å². The van der Waals surface area contributed by atoms with E-state index in [1.807, 2.05) is 6.92 Å². The van der Waals surface area contributed by atoms with Crippen LogP contribution in [0, 0.1) is 0 Å². The molecule has 60 valence electrons. The molecular weight excluding hydrogens is 132 g/mol. The van der Waals surface area contributed by atoms with Crippen LogP contribution in [0.5, 0.6) is 0 Å². The first-order valence-corrected chi connectivity index (χ1v) is 3.46. The summed E-state index contributed by atoms with van der Waals surface area (Å²) < 4.78 is 0. The van der Waals surface area contributed by atoms with Gasteiger partial charge >= 0.3 is 0 Å². The lowest BCUT2D eigenvalue weighted by Crippen LogP contribution is -2.31. The number of Topliss-reactive ketones (excluding diaryl/α,β-unsaturated/α-hetero) is 1. The van der Waals surface area contributed by atoms with Crippen LogP contribution in [0.4, 0.5) is 0 Å². The van der Waals surface area contributed by atoms with Gasteiger partial charge < -0.3 is 10.2 Å². The second-order valence-corrected chi connectivity index (χ2v) is 2.41. The largest absolute Gasteiger partial charge is 0.390 e.